The lowest BCUT2D eigenvalue weighted by molar-refractivity contribution is 0.0727. The fourth-order valence-electron chi connectivity index (χ4n) is 5.29. The summed E-state index contributed by atoms with van der Waals surface area (Å²) in [6.07, 6.45) is 4.44. The average Bonchev–Trinajstić information content (AvgIpc) is 2.93. The molecule has 7 heteroatoms. The molecule has 1 unspecified atom stereocenters. The predicted octanol–water partition coefficient (Wildman–Crippen LogP) is 8.32. The fraction of sp³-hybridized carbons (Fsp3) is 0.419. The van der Waals surface area contributed by atoms with Gasteiger partial charge in [0.25, 0.3) is 0 Å². The molecule has 3 aromatic carbocycles. The Morgan fingerprint density at radius 3 is 2.16 bits per heavy atom. The zero-order valence-corrected chi connectivity index (χ0v) is 21.8. The molecule has 1 aliphatic rings. The van der Waals surface area contributed by atoms with E-state index in [1.165, 1.54) is 12.1 Å². The monoisotopic (exact) mass is 530 g/mol. The van der Waals surface area contributed by atoms with E-state index >= 15 is 0 Å². The van der Waals surface area contributed by atoms with Crippen LogP contribution in [0, 0.1) is 29.2 Å². The molecule has 0 spiro atoms. The molecule has 1 N–H and O–H groups in total. The van der Waals surface area contributed by atoms with Gasteiger partial charge in [-0.15, -0.1) is 0 Å². The Balaban J connectivity index is 1.39. The Labute approximate surface area is 221 Å². The van der Waals surface area contributed by atoms with Gasteiger partial charge in [-0.25, -0.2) is 13.2 Å². The van der Waals surface area contributed by atoms with Gasteiger partial charge in [-0.3, -0.25) is 0 Å². The molecule has 3 aromatic rings. The number of halogens is 4. The summed E-state index contributed by atoms with van der Waals surface area (Å²) in [6, 6.07) is 12.3. The standard InChI is InChI=1S/C31H34F4O3/c1-3-5-26(36)21-8-6-19(7-9-21)24-15-12-22(28(32)29(24)33)18-38-23-13-10-20(11-14-23)25-16-17-27(37-4-2)31(35)30(25)34/h10-17,19,21,26,36H,3-9,18H2,1-2H3. The number of hydrogen-bond donors (Lipinski definition) is 1. The molecule has 1 fully saturated rings. The molecule has 0 aromatic heterocycles. The Bertz CT molecular complexity index is 1220. The highest BCUT2D eigenvalue weighted by Gasteiger charge is 2.29. The van der Waals surface area contributed by atoms with Crippen LogP contribution in [-0.2, 0) is 6.61 Å². The van der Waals surface area contributed by atoms with Crippen LogP contribution in [0.15, 0.2) is 48.5 Å². The van der Waals surface area contributed by atoms with Gasteiger partial charge in [0, 0.05) is 11.1 Å². The van der Waals surface area contributed by atoms with E-state index < -0.39 is 23.3 Å². The van der Waals surface area contributed by atoms with E-state index in [1.54, 1.807) is 43.3 Å². The molecule has 0 radical (unpaired) electrons. The third kappa shape index (κ3) is 6.15. The van der Waals surface area contributed by atoms with Gasteiger partial charge in [-0.2, -0.15) is 4.39 Å². The molecule has 0 heterocycles. The molecule has 3 nitrogen and oxygen atoms in total. The lowest BCUT2D eigenvalue weighted by Crippen LogP contribution is -2.25. The summed E-state index contributed by atoms with van der Waals surface area (Å²) in [6.45, 7) is 3.77. The molecule has 0 aliphatic heterocycles. The van der Waals surface area contributed by atoms with Crippen molar-refractivity contribution in [1.29, 1.82) is 0 Å². The highest BCUT2D eigenvalue weighted by molar-refractivity contribution is 5.66. The molecule has 4 rings (SSSR count). The van der Waals surface area contributed by atoms with E-state index in [1.807, 2.05) is 6.92 Å². The van der Waals surface area contributed by atoms with Crippen LogP contribution >= 0.6 is 0 Å². The molecule has 0 saturated heterocycles. The molecule has 38 heavy (non-hydrogen) atoms. The van der Waals surface area contributed by atoms with Gasteiger partial charge < -0.3 is 14.6 Å². The minimum absolute atomic E-state index is 0.0649. The smallest absolute Gasteiger partial charge is 0.201 e. The third-order valence-electron chi connectivity index (χ3n) is 7.44. The third-order valence-corrected chi connectivity index (χ3v) is 7.44. The van der Waals surface area contributed by atoms with E-state index in [4.69, 9.17) is 9.47 Å². The van der Waals surface area contributed by atoms with Crippen molar-refractivity contribution in [2.45, 2.75) is 71.0 Å². The maximum absolute atomic E-state index is 15.0. The SMILES string of the molecule is CCCC(O)C1CCC(c2ccc(COc3ccc(-c4ccc(OCC)c(F)c4F)cc3)c(F)c2F)CC1. The van der Waals surface area contributed by atoms with Crippen LogP contribution in [0.5, 0.6) is 11.5 Å². The quantitative estimate of drug-likeness (QED) is 0.268. The van der Waals surface area contributed by atoms with Gasteiger partial charge in [0.1, 0.15) is 12.4 Å². The number of hydrogen-bond acceptors (Lipinski definition) is 3. The maximum Gasteiger partial charge on any atom is 0.201 e. The zero-order chi connectivity index (χ0) is 27.2. The van der Waals surface area contributed by atoms with E-state index in [0.29, 0.717) is 16.9 Å². The highest BCUT2D eigenvalue weighted by atomic mass is 19.2. The van der Waals surface area contributed by atoms with Crippen molar-refractivity contribution in [3.8, 4) is 22.6 Å². The lowest BCUT2D eigenvalue weighted by Gasteiger charge is -2.32. The summed E-state index contributed by atoms with van der Waals surface area (Å²) in [5, 5.41) is 10.3. The van der Waals surface area contributed by atoms with Gasteiger partial charge in [0.05, 0.1) is 12.7 Å². The molecule has 204 valence electrons. The van der Waals surface area contributed by atoms with Crippen LogP contribution in [-0.4, -0.2) is 17.8 Å². The first-order chi connectivity index (χ1) is 18.3. The number of ether oxygens (including phenoxy) is 2. The highest BCUT2D eigenvalue weighted by Crippen LogP contribution is 2.39. The predicted molar refractivity (Wildman–Crippen MR) is 139 cm³/mol. The Hall–Kier alpha value is -3.06. The Morgan fingerprint density at radius 2 is 1.50 bits per heavy atom. The molecule has 1 atom stereocenters. The molecule has 0 amide bonds. The van der Waals surface area contributed by atoms with E-state index in [-0.39, 0.29) is 48.0 Å². The van der Waals surface area contributed by atoms with Gasteiger partial charge in [-0.1, -0.05) is 37.6 Å². The van der Waals surface area contributed by atoms with Crippen LogP contribution in [0.1, 0.15) is 69.4 Å². The summed E-state index contributed by atoms with van der Waals surface area (Å²) in [7, 11) is 0. The van der Waals surface area contributed by atoms with Crippen molar-refractivity contribution < 1.29 is 32.1 Å². The van der Waals surface area contributed by atoms with E-state index in [0.717, 1.165) is 38.5 Å². The van der Waals surface area contributed by atoms with Crippen molar-refractivity contribution >= 4 is 0 Å². The topological polar surface area (TPSA) is 38.7 Å². The van der Waals surface area contributed by atoms with Crippen LogP contribution < -0.4 is 9.47 Å². The van der Waals surface area contributed by atoms with Crippen molar-refractivity contribution in [2.24, 2.45) is 5.92 Å². The number of benzene rings is 3. The van der Waals surface area contributed by atoms with Crippen molar-refractivity contribution in [2.75, 3.05) is 6.61 Å². The van der Waals surface area contributed by atoms with Crippen LogP contribution in [0.25, 0.3) is 11.1 Å². The lowest BCUT2D eigenvalue weighted by atomic mass is 9.76. The first kappa shape index (κ1) is 28.0. The van der Waals surface area contributed by atoms with Gasteiger partial charge >= 0.3 is 0 Å². The fourth-order valence-corrected chi connectivity index (χ4v) is 5.29. The molecular formula is C31H34F4O3. The van der Waals surface area contributed by atoms with Crippen LogP contribution in [0.4, 0.5) is 17.6 Å². The maximum atomic E-state index is 15.0. The second kappa shape index (κ2) is 12.7. The Morgan fingerprint density at radius 1 is 0.789 bits per heavy atom. The number of aliphatic hydroxyl groups excluding tert-OH is 1. The van der Waals surface area contributed by atoms with Crippen LogP contribution in [0.3, 0.4) is 0 Å². The van der Waals surface area contributed by atoms with Gasteiger partial charge in [-0.05, 0) is 86.3 Å². The normalized spacial score (nSPS) is 18.3. The minimum Gasteiger partial charge on any atom is -0.491 e. The largest absolute Gasteiger partial charge is 0.491 e. The van der Waals surface area contributed by atoms with Crippen molar-refractivity contribution in [1.82, 2.24) is 0 Å². The van der Waals surface area contributed by atoms with E-state index in [2.05, 4.69) is 0 Å². The summed E-state index contributed by atoms with van der Waals surface area (Å²) >= 11 is 0. The van der Waals surface area contributed by atoms with Crippen LogP contribution in [0.2, 0.25) is 0 Å². The van der Waals surface area contributed by atoms with E-state index in [9.17, 15) is 22.7 Å². The molecule has 1 saturated carbocycles. The molecule has 1 aliphatic carbocycles. The summed E-state index contributed by atoms with van der Waals surface area (Å²) < 4.78 is 69.3. The van der Waals surface area contributed by atoms with Crippen molar-refractivity contribution in [3.63, 3.8) is 0 Å². The second-order valence-electron chi connectivity index (χ2n) is 9.89. The average molecular weight is 531 g/mol. The summed E-state index contributed by atoms with van der Waals surface area (Å²) in [5.74, 6) is -3.42. The molecule has 0 bridgehead atoms. The number of rotatable bonds is 10. The zero-order valence-electron chi connectivity index (χ0n) is 21.8. The molecular weight excluding hydrogens is 496 g/mol. The van der Waals surface area contributed by atoms with Crippen molar-refractivity contribution in [3.05, 3.63) is 82.9 Å². The minimum atomic E-state index is -1.05. The van der Waals surface area contributed by atoms with Gasteiger partial charge in [0.2, 0.25) is 5.82 Å². The summed E-state index contributed by atoms with van der Waals surface area (Å²) in [4.78, 5) is 0. The summed E-state index contributed by atoms with van der Waals surface area (Å²) in [5.41, 5.74) is 0.996. The van der Waals surface area contributed by atoms with Gasteiger partial charge in [0.15, 0.2) is 23.2 Å². The second-order valence-corrected chi connectivity index (χ2v) is 9.89. The first-order valence-corrected chi connectivity index (χ1v) is 13.3. The Kier molecular flexibility index (Phi) is 9.31. The first-order valence-electron chi connectivity index (χ1n) is 13.3. The number of aliphatic hydroxyl groups is 1.